The van der Waals surface area contributed by atoms with Crippen LogP contribution in [0.25, 0.3) is 0 Å². The Bertz CT molecular complexity index is 1090. The molecule has 0 saturated heterocycles. The van der Waals surface area contributed by atoms with E-state index in [1.165, 1.54) is 5.56 Å². The highest BCUT2D eigenvalue weighted by molar-refractivity contribution is 5.57. The van der Waals surface area contributed by atoms with Gasteiger partial charge in [-0.1, -0.05) is 49.4 Å². The number of nitrogen functional groups attached to an aromatic ring is 1. The van der Waals surface area contributed by atoms with Crippen LogP contribution in [0.4, 0.5) is 5.69 Å². The van der Waals surface area contributed by atoms with Crippen LogP contribution in [0.15, 0.2) is 72.8 Å². The molecule has 0 bridgehead atoms. The summed E-state index contributed by atoms with van der Waals surface area (Å²) in [5.74, 6) is 1.77. The first kappa shape index (κ1) is 19.9. The Morgan fingerprint density at radius 3 is 2.45 bits per heavy atom. The first-order valence-electron chi connectivity index (χ1n) is 10.7. The van der Waals surface area contributed by atoms with E-state index in [0.717, 1.165) is 29.0 Å². The topological polar surface area (TPSA) is 79.7 Å². The van der Waals surface area contributed by atoms with Crippen molar-refractivity contribution in [2.24, 2.45) is 11.7 Å². The first-order valence-corrected chi connectivity index (χ1v) is 10.7. The number of hydrogen-bond donors (Lipinski definition) is 2. The smallest absolute Gasteiger partial charge is 0.174 e. The summed E-state index contributed by atoms with van der Waals surface area (Å²) in [5, 5.41) is 0. The van der Waals surface area contributed by atoms with Crippen molar-refractivity contribution in [1.29, 1.82) is 0 Å². The number of hydrogen-bond acceptors (Lipinski definition) is 5. The number of benzene rings is 3. The lowest BCUT2D eigenvalue weighted by molar-refractivity contribution is -0.148. The monoisotopic (exact) mass is 416 g/mol. The van der Waals surface area contributed by atoms with Gasteiger partial charge in [0.25, 0.3) is 0 Å². The third-order valence-electron chi connectivity index (χ3n) is 7.06. The van der Waals surface area contributed by atoms with Gasteiger partial charge in [-0.3, -0.25) is 5.73 Å². The molecule has 1 aliphatic carbocycles. The number of rotatable bonds is 5. The Labute approximate surface area is 182 Å². The van der Waals surface area contributed by atoms with E-state index in [1.54, 1.807) is 7.11 Å². The molecular weight excluding hydrogens is 388 g/mol. The summed E-state index contributed by atoms with van der Waals surface area (Å²) < 4.78 is 19.0. The molecule has 2 aliphatic rings. The Hall–Kier alpha value is -3.02. The van der Waals surface area contributed by atoms with Crippen LogP contribution in [0.2, 0.25) is 0 Å². The third-order valence-corrected chi connectivity index (χ3v) is 7.06. The summed E-state index contributed by atoms with van der Waals surface area (Å²) >= 11 is 0. The molecule has 1 heterocycles. The fourth-order valence-electron chi connectivity index (χ4n) is 5.90. The predicted octanol–water partition coefficient (Wildman–Crippen LogP) is 4.52. The van der Waals surface area contributed by atoms with Crippen LogP contribution in [-0.4, -0.2) is 13.8 Å². The molecule has 5 rings (SSSR count). The maximum atomic E-state index is 6.98. The SMILES string of the molecule is CO[C@]12c3ccc(OCN)cc3O[C@@]1(c1ccc(N)cc1)[C@H](c1ccccc1)C[C@H]2C. The lowest BCUT2D eigenvalue weighted by Crippen LogP contribution is -2.51. The Morgan fingerprint density at radius 1 is 1.03 bits per heavy atom. The Kier molecular flexibility index (Phi) is 4.68. The Morgan fingerprint density at radius 2 is 1.77 bits per heavy atom. The fraction of sp³-hybridized carbons (Fsp3) is 0.308. The summed E-state index contributed by atoms with van der Waals surface area (Å²) in [6, 6.07) is 24.5. The minimum absolute atomic E-state index is 0.0959. The van der Waals surface area contributed by atoms with Crippen LogP contribution in [0.1, 0.15) is 36.0 Å². The normalized spacial score (nSPS) is 28.6. The standard InChI is InChI=1S/C26H28N2O3/c1-17-14-23(18-6-4-3-5-7-18)26(19-8-10-20(28)11-9-19)25(17,29-2)22-13-12-21(30-16-27)15-24(22)31-26/h3-13,15,17,23H,14,16,27-28H2,1-2H3/t17-,23+,25-,26+/m1/s1. The number of methoxy groups -OCH3 is 1. The number of nitrogens with two attached hydrogens (primary N) is 2. The Balaban J connectivity index is 1.78. The van der Waals surface area contributed by atoms with Gasteiger partial charge in [0.15, 0.2) is 5.60 Å². The van der Waals surface area contributed by atoms with Crippen molar-refractivity contribution in [3.8, 4) is 11.5 Å². The van der Waals surface area contributed by atoms with Gasteiger partial charge in [-0.2, -0.15) is 0 Å². The van der Waals surface area contributed by atoms with E-state index in [4.69, 9.17) is 25.7 Å². The highest BCUT2D eigenvalue weighted by Crippen LogP contribution is 2.70. The molecule has 3 aromatic rings. The van der Waals surface area contributed by atoms with Gasteiger partial charge < -0.3 is 19.9 Å². The third kappa shape index (κ3) is 2.63. The molecule has 31 heavy (non-hydrogen) atoms. The fourth-order valence-corrected chi connectivity index (χ4v) is 5.90. The van der Waals surface area contributed by atoms with Crippen molar-refractivity contribution in [3.63, 3.8) is 0 Å². The molecule has 5 nitrogen and oxygen atoms in total. The van der Waals surface area contributed by atoms with Crippen molar-refractivity contribution >= 4 is 5.69 Å². The van der Waals surface area contributed by atoms with Crippen molar-refractivity contribution in [2.75, 3.05) is 19.6 Å². The van der Waals surface area contributed by atoms with E-state index in [0.29, 0.717) is 5.75 Å². The molecule has 1 fully saturated rings. The molecular formula is C26H28N2O3. The van der Waals surface area contributed by atoms with Crippen molar-refractivity contribution < 1.29 is 14.2 Å². The van der Waals surface area contributed by atoms with Gasteiger partial charge in [0.05, 0.1) is 0 Å². The van der Waals surface area contributed by atoms with Crippen LogP contribution in [0.3, 0.4) is 0 Å². The molecule has 0 unspecified atom stereocenters. The van der Waals surface area contributed by atoms with Gasteiger partial charge in [0, 0.05) is 30.3 Å². The molecule has 0 spiro atoms. The van der Waals surface area contributed by atoms with E-state index in [9.17, 15) is 0 Å². The van der Waals surface area contributed by atoms with E-state index in [-0.39, 0.29) is 18.6 Å². The lowest BCUT2D eigenvalue weighted by atomic mass is 9.70. The van der Waals surface area contributed by atoms with Gasteiger partial charge in [0.1, 0.15) is 23.8 Å². The maximum Gasteiger partial charge on any atom is 0.174 e. The second-order valence-corrected chi connectivity index (χ2v) is 8.47. The molecule has 4 N–H and O–H groups in total. The highest BCUT2D eigenvalue weighted by Gasteiger charge is 2.72. The minimum Gasteiger partial charge on any atom is -0.478 e. The summed E-state index contributed by atoms with van der Waals surface area (Å²) in [4.78, 5) is 0. The van der Waals surface area contributed by atoms with Gasteiger partial charge in [-0.25, -0.2) is 0 Å². The lowest BCUT2D eigenvalue weighted by Gasteiger charge is -2.43. The zero-order chi connectivity index (χ0) is 21.6. The number of fused-ring (bicyclic) bond motifs is 3. The van der Waals surface area contributed by atoms with Crippen molar-refractivity contribution in [2.45, 2.75) is 30.5 Å². The zero-order valence-electron chi connectivity index (χ0n) is 17.9. The van der Waals surface area contributed by atoms with Crippen LogP contribution in [0.5, 0.6) is 11.5 Å². The van der Waals surface area contributed by atoms with E-state index < -0.39 is 11.2 Å². The van der Waals surface area contributed by atoms with Crippen LogP contribution < -0.4 is 20.9 Å². The van der Waals surface area contributed by atoms with Crippen LogP contribution in [0, 0.1) is 5.92 Å². The van der Waals surface area contributed by atoms with Gasteiger partial charge >= 0.3 is 0 Å². The quantitative estimate of drug-likeness (QED) is 0.472. The number of ether oxygens (including phenoxy) is 3. The van der Waals surface area contributed by atoms with Crippen molar-refractivity contribution in [3.05, 3.63) is 89.5 Å². The highest BCUT2D eigenvalue weighted by atomic mass is 16.6. The zero-order valence-corrected chi connectivity index (χ0v) is 17.9. The van der Waals surface area contributed by atoms with Crippen LogP contribution >= 0.6 is 0 Å². The summed E-state index contributed by atoms with van der Waals surface area (Å²) in [6.45, 7) is 2.36. The maximum absolute atomic E-state index is 6.98. The second-order valence-electron chi connectivity index (χ2n) is 8.47. The average molecular weight is 417 g/mol. The average Bonchev–Trinajstić information content (AvgIpc) is 3.22. The van der Waals surface area contributed by atoms with E-state index >= 15 is 0 Å². The van der Waals surface area contributed by atoms with Gasteiger partial charge in [0.2, 0.25) is 0 Å². The predicted molar refractivity (Wildman–Crippen MR) is 121 cm³/mol. The molecule has 160 valence electrons. The molecule has 5 heteroatoms. The molecule has 1 aliphatic heterocycles. The van der Waals surface area contributed by atoms with E-state index in [2.05, 4.69) is 49.4 Å². The van der Waals surface area contributed by atoms with E-state index in [1.807, 2.05) is 30.3 Å². The van der Waals surface area contributed by atoms with Gasteiger partial charge in [-0.05, 0) is 47.7 Å². The number of anilines is 1. The largest absolute Gasteiger partial charge is 0.478 e. The minimum atomic E-state index is -0.736. The van der Waals surface area contributed by atoms with Crippen LogP contribution in [-0.2, 0) is 15.9 Å². The summed E-state index contributed by atoms with van der Waals surface area (Å²) in [5.41, 5.74) is 14.3. The summed E-state index contributed by atoms with van der Waals surface area (Å²) in [6.07, 6.45) is 0.933. The molecule has 4 atom stereocenters. The molecule has 0 radical (unpaired) electrons. The molecule has 1 saturated carbocycles. The first-order chi connectivity index (χ1) is 15.1. The molecule has 0 aromatic heterocycles. The van der Waals surface area contributed by atoms with Gasteiger partial charge in [-0.15, -0.1) is 0 Å². The molecule has 0 amide bonds. The molecule has 3 aromatic carbocycles. The second kappa shape index (κ2) is 7.29. The summed E-state index contributed by atoms with van der Waals surface area (Å²) in [7, 11) is 1.79. The van der Waals surface area contributed by atoms with Crippen molar-refractivity contribution in [1.82, 2.24) is 0 Å².